The van der Waals surface area contributed by atoms with Crippen LogP contribution in [-0.4, -0.2) is 30.3 Å². The summed E-state index contributed by atoms with van der Waals surface area (Å²) in [6.45, 7) is 0.541. The van der Waals surface area contributed by atoms with Crippen LogP contribution in [0.15, 0.2) is 43.0 Å². The average Bonchev–Trinajstić information content (AvgIpc) is 2.86. The zero-order valence-corrected chi connectivity index (χ0v) is 12.4. The summed E-state index contributed by atoms with van der Waals surface area (Å²) in [7, 11) is 0. The van der Waals surface area contributed by atoms with Crippen LogP contribution in [0.4, 0.5) is 20.6 Å². The number of benzene rings is 1. The van der Waals surface area contributed by atoms with Crippen LogP contribution in [0.25, 0.3) is 0 Å². The SMILES string of the molecule is N/C=C\Nc1ccc(N2C[C@H](CN(N)/C=C\N)OC2=O)cc1F. The summed E-state index contributed by atoms with van der Waals surface area (Å²) >= 11 is 0. The lowest BCUT2D eigenvalue weighted by molar-refractivity contribution is 0.122. The second-order valence-electron chi connectivity index (χ2n) is 4.82. The van der Waals surface area contributed by atoms with Gasteiger partial charge < -0.3 is 26.5 Å². The highest BCUT2D eigenvalue weighted by atomic mass is 19.1. The number of nitrogens with two attached hydrogens (primary N) is 3. The van der Waals surface area contributed by atoms with Gasteiger partial charge in [0.25, 0.3) is 0 Å². The van der Waals surface area contributed by atoms with Crippen molar-refractivity contribution >= 4 is 17.5 Å². The molecule has 1 fully saturated rings. The van der Waals surface area contributed by atoms with Crippen LogP contribution in [0.2, 0.25) is 0 Å². The van der Waals surface area contributed by atoms with Crippen molar-refractivity contribution in [1.82, 2.24) is 5.01 Å². The third kappa shape index (κ3) is 4.04. The van der Waals surface area contributed by atoms with Crippen molar-refractivity contribution in [1.29, 1.82) is 0 Å². The van der Waals surface area contributed by atoms with Gasteiger partial charge in [-0.25, -0.2) is 15.0 Å². The number of anilines is 2. The Hall–Kier alpha value is -2.94. The van der Waals surface area contributed by atoms with Crippen molar-refractivity contribution in [2.45, 2.75) is 6.10 Å². The highest BCUT2D eigenvalue weighted by molar-refractivity contribution is 5.90. The van der Waals surface area contributed by atoms with Crippen LogP contribution in [0.3, 0.4) is 0 Å². The van der Waals surface area contributed by atoms with Gasteiger partial charge in [-0.05, 0) is 18.2 Å². The fourth-order valence-corrected chi connectivity index (χ4v) is 2.16. The van der Waals surface area contributed by atoms with Crippen LogP contribution in [0.1, 0.15) is 0 Å². The Labute approximate surface area is 132 Å². The molecule has 1 amide bonds. The maximum absolute atomic E-state index is 14.0. The molecule has 1 aromatic rings. The van der Waals surface area contributed by atoms with Gasteiger partial charge in [0.2, 0.25) is 0 Å². The number of hydrogen-bond donors (Lipinski definition) is 4. The highest BCUT2D eigenvalue weighted by Crippen LogP contribution is 2.26. The summed E-state index contributed by atoms with van der Waals surface area (Å²) in [6, 6.07) is 4.37. The number of nitrogens with one attached hydrogen (secondary N) is 1. The standard InChI is InChI=1S/C14H19FN6O2/c15-12-7-10(1-2-13(12)19-5-3-16)21-9-11(23-14(21)22)8-20(18)6-4-17/h1-7,11,19H,8-9,16-18H2/b5-3-,6-4-/t11-/m0/s1. The fourth-order valence-electron chi connectivity index (χ4n) is 2.16. The zero-order valence-electron chi connectivity index (χ0n) is 12.4. The summed E-state index contributed by atoms with van der Waals surface area (Å²) < 4.78 is 19.2. The van der Waals surface area contributed by atoms with E-state index in [4.69, 9.17) is 22.0 Å². The molecular weight excluding hydrogens is 303 g/mol. The molecule has 0 saturated carbocycles. The number of carbonyl (C=O) groups is 1. The number of rotatable bonds is 6. The third-order valence-corrected chi connectivity index (χ3v) is 3.17. The summed E-state index contributed by atoms with van der Waals surface area (Å²) in [5, 5.41) is 4.00. The van der Waals surface area contributed by atoms with Gasteiger partial charge in [-0.2, -0.15) is 0 Å². The van der Waals surface area contributed by atoms with E-state index in [1.807, 2.05) is 0 Å². The molecule has 8 nitrogen and oxygen atoms in total. The zero-order chi connectivity index (χ0) is 16.8. The number of nitrogens with zero attached hydrogens (tertiary/aromatic N) is 2. The first-order chi connectivity index (χ1) is 11.0. The summed E-state index contributed by atoms with van der Waals surface area (Å²) in [6.07, 6.45) is 4.41. The van der Waals surface area contributed by atoms with Crippen LogP contribution in [-0.2, 0) is 4.74 Å². The normalized spacial score (nSPS) is 17.9. The number of hydrazine groups is 1. The summed E-state index contributed by atoms with van der Waals surface area (Å²) in [4.78, 5) is 13.3. The maximum atomic E-state index is 14.0. The largest absolute Gasteiger partial charge is 0.442 e. The van der Waals surface area contributed by atoms with E-state index in [1.165, 1.54) is 46.8 Å². The first-order valence-corrected chi connectivity index (χ1v) is 6.86. The smallest absolute Gasteiger partial charge is 0.414 e. The van der Waals surface area contributed by atoms with E-state index < -0.39 is 18.0 Å². The van der Waals surface area contributed by atoms with E-state index in [2.05, 4.69) is 5.32 Å². The minimum absolute atomic E-state index is 0.251. The van der Waals surface area contributed by atoms with E-state index in [9.17, 15) is 9.18 Å². The molecule has 124 valence electrons. The third-order valence-electron chi connectivity index (χ3n) is 3.17. The van der Waals surface area contributed by atoms with Crippen LogP contribution in [0.5, 0.6) is 0 Å². The molecule has 0 aliphatic carbocycles. The molecule has 1 aromatic carbocycles. The maximum Gasteiger partial charge on any atom is 0.414 e. The molecular formula is C14H19FN6O2. The van der Waals surface area contributed by atoms with Crippen molar-refractivity contribution in [3.63, 3.8) is 0 Å². The molecule has 1 heterocycles. The Morgan fingerprint density at radius 1 is 1.43 bits per heavy atom. The molecule has 0 unspecified atom stereocenters. The minimum Gasteiger partial charge on any atom is -0.442 e. The van der Waals surface area contributed by atoms with E-state index in [-0.39, 0.29) is 18.8 Å². The molecule has 0 aromatic heterocycles. The Morgan fingerprint density at radius 3 is 2.87 bits per heavy atom. The van der Waals surface area contributed by atoms with Gasteiger partial charge in [0.15, 0.2) is 0 Å². The first kappa shape index (κ1) is 16.4. The molecule has 1 saturated heterocycles. The Kier molecular flexibility index (Phi) is 5.26. The van der Waals surface area contributed by atoms with Gasteiger partial charge in [-0.1, -0.05) is 0 Å². The lowest BCUT2D eigenvalue weighted by Crippen LogP contribution is -2.36. The molecule has 9 heteroatoms. The first-order valence-electron chi connectivity index (χ1n) is 6.86. The lowest BCUT2D eigenvalue weighted by Gasteiger charge is -2.17. The number of cyclic esters (lactones) is 1. The van der Waals surface area contributed by atoms with Crippen molar-refractivity contribution in [3.05, 3.63) is 48.8 Å². The van der Waals surface area contributed by atoms with Crippen molar-refractivity contribution in [2.75, 3.05) is 23.3 Å². The Balaban J connectivity index is 2.07. The van der Waals surface area contributed by atoms with Crippen molar-refractivity contribution in [3.8, 4) is 0 Å². The molecule has 0 radical (unpaired) electrons. The van der Waals surface area contributed by atoms with Gasteiger partial charge in [0.05, 0.1) is 24.5 Å². The Morgan fingerprint density at radius 2 is 2.22 bits per heavy atom. The molecule has 23 heavy (non-hydrogen) atoms. The second-order valence-corrected chi connectivity index (χ2v) is 4.82. The quantitative estimate of drug-likeness (QED) is 0.446. The number of amides is 1. The monoisotopic (exact) mass is 322 g/mol. The Bertz CT molecular complexity index is 621. The van der Waals surface area contributed by atoms with Crippen molar-refractivity contribution < 1.29 is 13.9 Å². The van der Waals surface area contributed by atoms with Gasteiger partial charge in [-0.3, -0.25) is 4.90 Å². The van der Waals surface area contributed by atoms with E-state index in [1.54, 1.807) is 6.07 Å². The summed E-state index contributed by atoms with van der Waals surface area (Å²) in [5.74, 6) is 5.15. The number of carbonyl (C=O) groups excluding carboxylic acids is 1. The van der Waals surface area contributed by atoms with Gasteiger partial charge in [-0.15, -0.1) is 0 Å². The number of hydrogen-bond acceptors (Lipinski definition) is 7. The fraction of sp³-hybridized carbons (Fsp3) is 0.214. The minimum atomic E-state index is -0.554. The molecule has 7 N–H and O–H groups in total. The van der Waals surface area contributed by atoms with Gasteiger partial charge >= 0.3 is 6.09 Å². The topological polar surface area (TPSA) is 123 Å². The predicted molar refractivity (Wildman–Crippen MR) is 85.2 cm³/mol. The van der Waals surface area contributed by atoms with Crippen LogP contribution >= 0.6 is 0 Å². The van der Waals surface area contributed by atoms with Gasteiger partial charge in [0, 0.05) is 24.8 Å². The van der Waals surface area contributed by atoms with Crippen LogP contribution < -0.4 is 27.5 Å². The number of halogens is 1. The molecule has 2 rings (SSSR count). The van der Waals surface area contributed by atoms with E-state index in [0.29, 0.717) is 5.69 Å². The molecule has 0 spiro atoms. The predicted octanol–water partition coefficient (Wildman–Crippen LogP) is 0.598. The molecule has 1 aliphatic heterocycles. The molecule has 1 aliphatic rings. The number of ether oxygens (including phenoxy) is 1. The second kappa shape index (κ2) is 7.36. The summed E-state index contributed by atoms with van der Waals surface area (Å²) in [5.41, 5.74) is 11.1. The molecule has 0 bridgehead atoms. The highest BCUT2D eigenvalue weighted by Gasteiger charge is 2.33. The lowest BCUT2D eigenvalue weighted by atomic mass is 10.2. The van der Waals surface area contributed by atoms with Gasteiger partial charge in [0.1, 0.15) is 11.9 Å². The average molecular weight is 322 g/mol. The van der Waals surface area contributed by atoms with E-state index in [0.717, 1.165) is 0 Å². The van der Waals surface area contributed by atoms with E-state index >= 15 is 0 Å². The molecule has 1 atom stereocenters. The van der Waals surface area contributed by atoms with Crippen LogP contribution in [0, 0.1) is 5.82 Å². The van der Waals surface area contributed by atoms with Crippen molar-refractivity contribution in [2.24, 2.45) is 17.3 Å².